The lowest BCUT2D eigenvalue weighted by atomic mass is 10.0. The van der Waals surface area contributed by atoms with E-state index in [1.807, 2.05) is 0 Å². The Morgan fingerprint density at radius 1 is 1.56 bits per heavy atom. The summed E-state index contributed by atoms with van der Waals surface area (Å²) in [5.74, 6) is -0.0615. The monoisotopic (exact) mass is 250 g/mol. The number of likely N-dealkylation sites (tertiary alicyclic amines) is 1. The molecular weight excluding hydrogens is 236 g/mol. The summed E-state index contributed by atoms with van der Waals surface area (Å²) in [7, 11) is 0. The van der Waals surface area contributed by atoms with E-state index in [0.29, 0.717) is 18.7 Å². The SMILES string of the molecule is Cc1cc(CC(=O)N2CC(O)C2)ccc1[N+](=O)[O-]. The van der Waals surface area contributed by atoms with Crippen LogP contribution in [0, 0.1) is 17.0 Å². The summed E-state index contributed by atoms with van der Waals surface area (Å²) in [4.78, 5) is 23.5. The zero-order valence-electron chi connectivity index (χ0n) is 10.00. The highest BCUT2D eigenvalue weighted by Crippen LogP contribution is 2.20. The molecule has 1 heterocycles. The fraction of sp³-hybridized carbons (Fsp3) is 0.417. The number of carbonyl (C=O) groups is 1. The summed E-state index contributed by atoms with van der Waals surface area (Å²) in [5.41, 5.74) is 1.36. The van der Waals surface area contributed by atoms with Crippen LogP contribution in [0.4, 0.5) is 5.69 Å². The highest BCUT2D eigenvalue weighted by Gasteiger charge is 2.28. The van der Waals surface area contributed by atoms with Gasteiger partial charge < -0.3 is 10.0 Å². The fourth-order valence-corrected chi connectivity index (χ4v) is 1.98. The number of nitro benzene ring substituents is 1. The molecule has 0 unspecified atom stereocenters. The second-order valence-corrected chi connectivity index (χ2v) is 4.51. The van der Waals surface area contributed by atoms with Gasteiger partial charge in [-0.25, -0.2) is 0 Å². The summed E-state index contributed by atoms with van der Waals surface area (Å²) in [6.45, 7) is 2.41. The predicted molar refractivity (Wildman–Crippen MR) is 64.1 cm³/mol. The van der Waals surface area contributed by atoms with E-state index in [-0.39, 0.29) is 18.0 Å². The Bertz CT molecular complexity index is 495. The fourth-order valence-electron chi connectivity index (χ4n) is 1.98. The molecule has 1 saturated heterocycles. The number of rotatable bonds is 3. The molecule has 6 nitrogen and oxygen atoms in total. The van der Waals surface area contributed by atoms with Crippen molar-refractivity contribution in [2.45, 2.75) is 19.4 Å². The summed E-state index contributed by atoms with van der Waals surface area (Å²) in [6.07, 6.45) is -0.196. The molecule has 96 valence electrons. The van der Waals surface area contributed by atoms with Crippen molar-refractivity contribution in [1.29, 1.82) is 0 Å². The standard InChI is InChI=1S/C12H14N2O4/c1-8-4-9(2-3-11(8)14(17)18)5-12(16)13-6-10(15)7-13/h2-4,10,15H,5-7H2,1H3. The Labute approximate surface area is 104 Å². The van der Waals surface area contributed by atoms with Crippen molar-refractivity contribution in [2.24, 2.45) is 0 Å². The van der Waals surface area contributed by atoms with Gasteiger partial charge in [-0.1, -0.05) is 6.07 Å². The molecular formula is C12H14N2O4. The van der Waals surface area contributed by atoms with Gasteiger partial charge in [0.15, 0.2) is 0 Å². The van der Waals surface area contributed by atoms with Crippen LogP contribution in [0.5, 0.6) is 0 Å². The zero-order valence-corrected chi connectivity index (χ0v) is 10.00. The first kappa shape index (κ1) is 12.5. The molecule has 2 rings (SSSR count). The van der Waals surface area contributed by atoms with Crippen LogP contribution in [0.1, 0.15) is 11.1 Å². The van der Waals surface area contributed by atoms with E-state index in [2.05, 4.69) is 0 Å². The molecule has 18 heavy (non-hydrogen) atoms. The molecule has 1 aliphatic heterocycles. The van der Waals surface area contributed by atoms with Crippen LogP contribution in [0.25, 0.3) is 0 Å². The summed E-state index contributed by atoms with van der Waals surface area (Å²) >= 11 is 0. The molecule has 0 spiro atoms. The van der Waals surface area contributed by atoms with Crippen LogP contribution in [0.15, 0.2) is 18.2 Å². The molecule has 1 amide bonds. The summed E-state index contributed by atoms with van der Waals surface area (Å²) in [5, 5.41) is 19.8. The number of hydrogen-bond donors (Lipinski definition) is 1. The van der Waals surface area contributed by atoms with Crippen molar-refractivity contribution in [3.05, 3.63) is 39.4 Å². The molecule has 6 heteroatoms. The Morgan fingerprint density at radius 2 is 2.22 bits per heavy atom. The Balaban J connectivity index is 2.04. The Hall–Kier alpha value is -1.95. The van der Waals surface area contributed by atoms with Gasteiger partial charge in [0.05, 0.1) is 17.4 Å². The minimum absolute atomic E-state index is 0.0607. The number of aliphatic hydroxyl groups excluding tert-OH is 1. The third-order valence-corrected chi connectivity index (χ3v) is 3.03. The van der Waals surface area contributed by atoms with Gasteiger partial charge in [0.1, 0.15) is 0 Å². The molecule has 0 bridgehead atoms. The Morgan fingerprint density at radius 3 is 2.72 bits per heavy atom. The van der Waals surface area contributed by atoms with Crippen molar-refractivity contribution in [1.82, 2.24) is 4.90 Å². The normalized spacial score (nSPS) is 15.3. The van der Waals surface area contributed by atoms with Crippen molar-refractivity contribution in [2.75, 3.05) is 13.1 Å². The largest absolute Gasteiger partial charge is 0.389 e. The first-order chi connectivity index (χ1) is 8.47. The highest BCUT2D eigenvalue weighted by atomic mass is 16.6. The lowest BCUT2D eigenvalue weighted by Crippen LogP contribution is -2.53. The van der Waals surface area contributed by atoms with Crippen LogP contribution in [-0.4, -0.2) is 40.0 Å². The number of aliphatic hydroxyl groups is 1. The zero-order chi connectivity index (χ0) is 13.3. The van der Waals surface area contributed by atoms with E-state index < -0.39 is 11.0 Å². The number of aryl methyl sites for hydroxylation is 1. The van der Waals surface area contributed by atoms with Crippen LogP contribution < -0.4 is 0 Å². The first-order valence-corrected chi connectivity index (χ1v) is 5.67. The van der Waals surface area contributed by atoms with Crippen LogP contribution in [-0.2, 0) is 11.2 Å². The highest BCUT2D eigenvalue weighted by molar-refractivity contribution is 5.79. The Kier molecular flexibility index (Phi) is 3.29. The van der Waals surface area contributed by atoms with Crippen molar-refractivity contribution >= 4 is 11.6 Å². The van der Waals surface area contributed by atoms with E-state index in [1.54, 1.807) is 24.0 Å². The van der Waals surface area contributed by atoms with Gasteiger partial charge in [0.2, 0.25) is 5.91 Å². The number of nitrogens with zero attached hydrogens (tertiary/aromatic N) is 2. The number of carbonyl (C=O) groups excluding carboxylic acids is 1. The third-order valence-electron chi connectivity index (χ3n) is 3.03. The second-order valence-electron chi connectivity index (χ2n) is 4.51. The van der Waals surface area contributed by atoms with Crippen molar-refractivity contribution in [3.63, 3.8) is 0 Å². The maximum Gasteiger partial charge on any atom is 0.272 e. The molecule has 0 aliphatic carbocycles. The molecule has 0 radical (unpaired) electrons. The number of amides is 1. The van der Waals surface area contributed by atoms with Crippen molar-refractivity contribution in [3.8, 4) is 0 Å². The van der Waals surface area contributed by atoms with Gasteiger partial charge in [-0.2, -0.15) is 0 Å². The number of nitro groups is 1. The minimum atomic E-state index is -0.438. The average molecular weight is 250 g/mol. The van der Waals surface area contributed by atoms with Crippen LogP contribution >= 0.6 is 0 Å². The van der Waals surface area contributed by atoms with Crippen LogP contribution in [0.2, 0.25) is 0 Å². The maximum atomic E-state index is 11.8. The molecule has 0 saturated carbocycles. The molecule has 1 aromatic carbocycles. The number of hydrogen-bond acceptors (Lipinski definition) is 4. The van der Waals surface area contributed by atoms with Gasteiger partial charge in [-0.05, 0) is 18.6 Å². The van der Waals surface area contributed by atoms with Gasteiger partial charge in [-0.15, -0.1) is 0 Å². The summed E-state index contributed by atoms with van der Waals surface area (Å²) in [6, 6.07) is 4.67. The molecule has 1 N–H and O–H groups in total. The summed E-state index contributed by atoms with van der Waals surface area (Å²) < 4.78 is 0. The van der Waals surface area contributed by atoms with Crippen molar-refractivity contribution < 1.29 is 14.8 Å². The van der Waals surface area contributed by atoms with E-state index in [0.717, 1.165) is 5.56 Å². The first-order valence-electron chi connectivity index (χ1n) is 5.67. The topological polar surface area (TPSA) is 83.7 Å². The average Bonchev–Trinajstić information content (AvgIpc) is 2.24. The third kappa shape index (κ3) is 2.48. The quantitative estimate of drug-likeness (QED) is 0.630. The molecule has 1 aromatic rings. The maximum absolute atomic E-state index is 11.8. The van der Waals surface area contributed by atoms with E-state index >= 15 is 0 Å². The lowest BCUT2D eigenvalue weighted by Gasteiger charge is -2.35. The second kappa shape index (κ2) is 4.73. The van der Waals surface area contributed by atoms with Crippen LogP contribution in [0.3, 0.4) is 0 Å². The molecule has 0 aromatic heterocycles. The van der Waals surface area contributed by atoms with Gasteiger partial charge in [0.25, 0.3) is 5.69 Å². The number of benzene rings is 1. The molecule has 1 fully saturated rings. The van der Waals surface area contributed by atoms with E-state index in [1.165, 1.54) is 6.07 Å². The van der Waals surface area contributed by atoms with Gasteiger partial charge >= 0.3 is 0 Å². The number of β-amino-alcohol motifs (C(OH)–C–C–N with tert-alkyl or cyclic N) is 1. The molecule has 0 atom stereocenters. The minimum Gasteiger partial charge on any atom is -0.389 e. The molecule has 1 aliphatic rings. The van der Waals surface area contributed by atoms with E-state index in [9.17, 15) is 14.9 Å². The lowest BCUT2D eigenvalue weighted by molar-refractivity contribution is -0.385. The predicted octanol–water partition coefficient (Wildman–Crippen LogP) is 0.649. The smallest absolute Gasteiger partial charge is 0.272 e. The van der Waals surface area contributed by atoms with E-state index in [4.69, 9.17) is 5.11 Å². The van der Waals surface area contributed by atoms with Gasteiger partial charge in [0, 0.05) is 24.7 Å². The van der Waals surface area contributed by atoms with Gasteiger partial charge in [-0.3, -0.25) is 14.9 Å².